The second-order valence-corrected chi connectivity index (χ2v) is 8.05. The Bertz CT molecular complexity index is 976. The second-order valence-electron chi connectivity index (χ2n) is 7.06. The molecule has 0 spiro atoms. The molecule has 1 aliphatic carbocycles. The molecule has 0 atom stereocenters. The molecule has 5 heteroatoms. The summed E-state index contributed by atoms with van der Waals surface area (Å²) in [5.74, 6) is 2.38. The average molecular weight is 366 g/mol. The number of rotatable bonds is 4. The zero-order valence-electron chi connectivity index (χ0n) is 15.0. The predicted molar refractivity (Wildman–Crippen MR) is 107 cm³/mol. The van der Waals surface area contributed by atoms with Crippen molar-refractivity contribution in [2.24, 2.45) is 5.92 Å². The van der Waals surface area contributed by atoms with Crippen molar-refractivity contribution in [2.75, 3.05) is 5.75 Å². The number of hydrogen-bond acceptors (Lipinski definition) is 4. The van der Waals surface area contributed by atoms with Crippen molar-refractivity contribution in [3.63, 3.8) is 0 Å². The Hall–Kier alpha value is -2.14. The van der Waals surface area contributed by atoms with Crippen LogP contribution >= 0.6 is 11.8 Å². The zero-order chi connectivity index (χ0) is 17.9. The molecule has 26 heavy (non-hydrogen) atoms. The van der Waals surface area contributed by atoms with Gasteiger partial charge >= 0.3 is 0 Å². The Morgan fingerprint density at radius 1 is 1.15 bits per heavy atom. The van der Waals surface area contributed by atoms with Crippen molar-refractivity contribution in [2.45, 2.75) is 44.2 Å². The minimum Gasteiger partial charge on any atom is -0.268 e. The monoisotopic (exact) mass is 365 g/mol. The number of nitrogens with zero attached hydrogens (tertiary/aromatic N) is 3. The highest BCUT2D eigenvalue weighted by molar-refractivity contribution is 7.99. The molecule has 0 bridgehead atoms. The lowest BCUT2D eigenvalue weighted by Gasteiger charge is -2.21. The Labute approximate surface area is 157 Å². The average Bonchev–Trinajstić information content (AvgIpc) is 2.67. The first-order valence-corrected chi connectivity index (χ1v) is 10.3. The van der Waals surface area contributed by atoms with Crippen molar-refractivity contribution in [1.82, 2.24) is 14.5 Å². The summed E-state index contributed by atoms with van der Waals surface area (Å²) in [5, 5.41) is 1.38. The lowest BCUT2D eigenvalue weighted by molar-refractivity contribution is 0.390. The molecular formula is C21H23N3OS. The van der Waals surface area contributed by atoms with Crippen molar-refractivity contribution in [3.8, 4) is 5.82 Å². The summed E-state index contributed by atoms with van der Waals surface area (Å²) in [7, 11) is 0. The van der Waals surface area contributed by atoms with Gasteiger partial charge in [0.2, 0.25) is 0 Å². The highest BCUT2D eigenvalue weighted by atomic mass is 32.2. The first-order valence-electron chi connectivity index (χ1n) is 9.30. The maximum atomic E-state index is 13.2. The Morgan fingerprint density at radius 2 is 1.96 bits per heavy atom. The van der Waals surface area contributed by atoms with Crippen LogP contribution < -0.4 is 5.56 Å². The maximum Gasteiger partial charge on any atom is 0.267 e. The third-order valence-corrected chi connectivity index (χ3v) is 6.22. The molecule has 2 heterocycles. The van der Waals surface area contributed by atoms with Gasteiger partial charge in [-0.2, -0.15) is 0 Å². The van der Waals surface area contributed by atoms with Crippen LogP contribution in [-0.2, 0) is 0 Å². The number of benzene rings is 1. The normalized spacial score (nSPS) is 15.4. The van der Waals surface area contributed by atoms with Crippen LogP contribution in [0.5, 0.6) is 0 Å². The van der Waals surface area contributed by atoms with Crippen LogP contribution in [0.3, 0.4) is 0 Å². The molecule has 1 aromatic carbocycles. The summed E-state index contributed by atoms with van der Waals surface area (Å²) < 4.78 is 1.68. The van der Waals surface area contributed by atoms with Gasteiger partial charge in [0, 0.05) is 11.9 Å². The molecule has 0 radical (unpaired) electrons. The summed E-state index contributed by atoms with van der Waals surface area (Å²) in [4.78, 5) is 22.4. The van der Waals surface area contributed by atoms with E-state index in [1.165, 1.54) is 32.1 Å². The van der Waals surface area contributed by atoms with Gasteiger partial charge in [-0.05, 0) is 55.5 Å². The van der Waals surface area contributed by atoms with Gasteiger partial charge in [0.05, 0.1) is 10.9 Å². The van der Waals surface area contributed by atoms with E-state index in [0.29, 0.717) is 11.2 Å². The molecule has 0 N–H and O–H groups in total. The highest BCUT2D eigenvalue weighted by Crippen LogP contribution is 2.30. The van der Waals surface area contributed by atoms with Crippen LogP contribution in [0.15, 0.2) is 52.5 Å². The number of hydrogen-bond donors (Lipinski definition) is 0. The Balaban J connectivity index is 1.78. The van der Waals surface area contributed by atoms with Gasteiger partial charge in [0.25, 0.3) is 5.56 Å². The van der Waals surface area contributed by atoms with Gasteiger partial charge in [-0.3, -0.25) is 4.79 Å². The van der Waals surface area contributed by atoms with Gasteiger partial charge in [-0.25, -0.2) is 14.5 Å². The van der Waals surface area contributed by atoms with E-state index in [4.69, 9.17) is 4.98 Å². The van der Waals surface area contributed by atoms with Crippen LogP contribution in [0, 0.1) is 12.8 Å². The van der Waals surface area contributed by atoms with Gasteiger partial charge in [-0.15, -0.1) is 0 Å². The molecule has 4 rings (SSSR count). The predicted octanol–water partition coefficient (Wildman–Crippen LogP) is 4.76. The quantitative estimate of drug-likeness (QED) is 0.494. The topological polar surface area (TPSA) is 47.8 Å². The van der Waals surface area contributed by atoms with Gasteiger partial charge in [0.15, 0.2) is 5.16 Å². The van der Waals surface area contributed by atoms with E-state index in [0.717, 1.165) is 27.9 Å². The van der Waals surface area contributed by atoms with E-state index in [-0.39, 0.29) is 5.56 Å². The van der Waals surface area contributed by atoms with E-state index in [1.54, 1.807) is 22.5 Å². The molecule has 1 saturated carbocycles. The van der Waals surface area contributed by atoms with Crippen LogP contribution in [-0.4, -0.2) is 20.3 Å². The summed E-state index contributed by atoms with van der Waals surface area (Å²) in [6.07, 6.45) is 8.32. The second kappa shape index (κ2) is 7.62. The standard InChI is InChI=1S/C21H23N3OS/c1-15-11-12-22-19(13-15)24-20(25)17-9-5-6-10-18(17)23-21(24)26-14-16-7-3-2-4-8-16/h5-6,9-13,16H,2-4,7-8,14H2,1H3. The van der Waals surface area contributed by atoms with Crippen molar-refractivity contribution in [3.05, 3.63) is 58.5 Å². The van der Waals surface area contributed by atoms with E-state index >= 15 is 0 Å². The van der Waals surface area contributed by atoms with Gasteiger partial charge in [0.1, 0.15) is 5.82 Å². The molecule has 0 aliphatic heterocycles. The fraction of sp³-hybridized carbons (Fsp3) is 0.381. The van der Waals surface area contributed by atoms with Gasteiger partial charge in [-0.1, -0.05) is 43.2 Å². The number of aromatic nitrogens is 3. The minimum absolute atomic E-state index is 0.0418. The first kappa shape index (κ1) is 17.3. The largest absolute Gasteiger partial charge is 0.268 e. The summed E-state index contributed by atoms with van der Waals surface area (Å²) in [6, 6.07) is 11.5. The van der Waals surface area contributed by atoms with Crippen LogP contribution in [0.1, 0.15) is 37.7 Å². The lowest BCUT2D eigenvalue weighted by atomic mass is 9.91. The summed E-state index contributed by atoms with van der Waals surface area (Å²) in [5.41, 5.74) is 1.80. The third-order valence-electron chi connectivity index (χ3n) is 5.05. The summed E-state index contributed by atoms with van der Waals surface area (Å²) in [6.45, 7) is 2.01. The van der Waals surface area contributed by atoms with Gasteiger partial charge < -0.3 is 0 Å². The minimum atomic E-state index is -0.0418. The van der Waals surface area contributed by atoms with Crippen molar-refractivity contribution < 1.29 is 0 Å². The molecule has 0 amide bonds. The molecular weight excluding hydrogens is 342 g/mol. The van der Waals surface area contributed by atoms with E-state index < -0.39 is 0 Å². The fourth-order valence-corrected chi connectivity index (χ4v) is 4.79. The Morgan fingerprint density at radius 3 is 2.77 bits per heavy atom. The molecule has 4 nitrogen and oxygen atoms in total. The molecule has 0 saturated heterocycles. The molecule has 1 fully saturated rings. The summed E-state index contributed by atoms with van der Waals surface area (Å²) >= 11 is 1.70. The number of pyridine rings is 1. The number of fused-ring (bicyclic) bond motifs is 1. The van der Waals surface area contributed by atoms with Crippen LogP contribution in [0.25, 0.3) is 16.7 Å². The smallest absolute Gasteiger partial charge is 0.267 e. The van der Waals surface area contributed by atoms with E-state index in [2.05, 4.69) is 4.98 Å². The third kappa shape index (κ3) is 3.54. The lowest BCUT2D eigenvalue weighted by Crippen LogP contribution is -2.23. The van der Waals surface area contributed by atoms with E-state index in [9.17, 15) is 4.79 Å². The SMILES string of the molecule is Cc1ccnc(-n2c(SCC3CCCCC3)nc3ccccc3c2=O)c1. The Kier molecular flexibility index (Phi) is 5.07. The number of thioether (sulfide) groups is 1. The first-order chi connectivity index (χ1) is 12.7. The van der Waals surface area contributed by atoms with E-state index in [1.807, 2.05) is 43.3 Å². The molecule has 0 unspecified atom stereocenters. The highest BCUT2D eigenvalue weighted by Gasteiger charge is 2.18. The molecule has 134 valence electrons. The molecule has 3 aromatic rings. The van der Waals surface area contributed by atoms with Crippen molar-refractivity contribution in [1.29, 1.82) is 0 Å². The maximum absolute atomic E-state index is 13.2. The number of aryl methyl sites for hydroxylation is 1. The van der Waals surface area contributed by atoms with Crippen LogP contribution in [0.4, 0.5) is 0 Å². The van der Waals surface area contributed by atoms with Crippen molar-refractivity contribution >= 4 is 22.7 Å². The fourth-order valence-electron chi connectivity index (χ4n) is 3.60. The van der Waals surface area contributed by atoms with Crippen LogP contribution in [0.2, 0.25) is 0 Å². The molecule has 2 aromatic heterocycles. The molecule has 1 aliphatic rings. The number of para-hydroxylation sites is 1. The zero-order valence-corrected chi connectivity index (χ0v) is 15.8.